The van der Waals surface area contributed by atoms with Crippen LogP contribution in [0.15, 0.2) is 82.1 Å². The van der Waals surface area contributed by atoms with E-state index in [9.17, 15) is 8.42 Å². The summed E-state index contributed by atoms with van der Waals surface area (Å²) >= 11 is 0. The van der Waals surface area contributed by atoms with E-state index in [1.54, 1.807) is 43.5 Å². The molecule has 4 rings (SSSR count). The number of rotatable bonds is 7. The van der Waals surface area contributed by atoms with Crippen LogP contribution in [0.5, 0.6) is 11.5 Å². The average Bonchev–Trinajstić information content (AvgIpc) is 3.22. The molecular formula is C24H22N2O5S. The molecule has 32 heavy (non-hydrogen) atoms. The second-order valence-electron chi connectivity index (χ2n) is 7.06. The normalized spacial score (nSPS) is 11.3. The Labute approximate surface area is 186 Å². The molecule has 164 valence electrons. The lowest BCUT2D eigenvalue weighted by Crippen LogP contribution is -2.13. The SMILES string of the molecule is COc1ccc(-c2oc(Cc3ccccc3)nc2-c2ccccc2S(N)(=O)=O)c(OC)c1. The molecule has 3 aromatic carbocycles. The van der Waals surface area contributed by atoms with Gasteiger partial charge >= 0.3 is 0 Å². The van der Waals surface area contributed by atoms with Gasteiger partial charge in [0.25, 0.3) is 0 Å². The minimum atomic E-state index is -3.99. The van der Waals surface area contributed by atoms with Gasteiger partial charge in [-0.15, -0.1) is 0 Å². The van der Waals surface area contributed by atoms with Crippen LogP contribution >= 0.6 is 0 Å². The van der Waals surface area contributed by atoms with Crippen LogP contribution in [-0.2, 0) is 16.4 Å². The standard InChI is InChI=1S/C24H22N2O5S/c1-29-17-12-13-18(20(15-17)30-2)24-23(19-10-6-7-11-21(19)32(25,27)28)26-22(31-24)14-16-8-4-3-5-9-16/h3-13,15H,14H2,1-2H3,(H2,25,27,28). The highest BCUT2D eigenvalue weighted by atomic mass is 32.2. The summed E-state index contributed by atoms with van der Waals surface area (Å²) in [5.41, 5.74) is 2.34. The van der Waals surface area contributed by atoms with Crippen molar-refractivity contribution in [3.8, 4) is 34.1 Å². The second-order valence-corrected chi connectivity index (χ2v) is 8.58. The first-order valence-corrected chi connectivity index (χ1v) is 11.3. The van der Waals surface area contributed by atoms with E-state index in [4.69, 9.17) is 19.0 Å². The van der Waals surface area contributed by atoms with E-state index in [0.29, 0.717) is 46.4 Å². The summed E-state index contributed by atoms with van der Waals surface area (Å²) in [6.45, 7) is 0. The summed E-state index contributed by atoms with van der Waals surface area (Å²) in [7, 11) is -0.886. The Bertz CT molecular complexity index is 1350. The number of sulfonamides is 1. The predicted molar refractivity (Wildman–Crippen MR) is 121 cm³/mol. The number of oxazole rings is 1. The van der Waals surface area contributed by atoms with Crippen LogP contribution in [0.25, 0.3) is 22.6 Å². The number of ether oxygens (including phenoxy) is 2. The van der Waals surface area contributed by atoms with Crippen molar-refractivity contribution in [1.82, 2.24) is 4.98 Å². The molecule has 0 bridgehead atoms. The van der Waals surface area contributed by atoms with Gasteiger partial charge in [0.05, 0.1) is 24.7 Å². The predicted octanol–water partition coefficient (Wildman–Crippen LogP) is 4.26. The summed E-state index contributed by atoms with van der Waals surface area (Å²) in [5, 5.41) is 5.48. The number of benzene rings is 3. The van der Waals surface area contributed by atoms with Crippen molar-refractivity contribution in [1.29, 1.82) is 0 Å². The Morgan fingerprint density at radius 1 is 0.906 bits per heavy atom. The fourth-order valence-corrected chi connectivity index (χ4v) is 4.21. The molecule has 2 N–H and O–H groups in total. The molecular weight excluding hydrogens is 428 g/mol. The van der Waals surface area contributed by atoms with Crippen molar-refractivity contribution < 1.29 is 22.3 Å². The van der Waals surface area contributed by atoms with E-state index < -0.39 is 10.0 Å². The maximum atomic E-state index is 12.3. The van der Waals surface area contributed by atoms with Crippen molar-refractivity contribution in [2.24, 2.45) is 5.14 Å². The quantitative estimate of drug-likeness (QED) is 0.451. The fourth-order valence-electron chi connectivity index (χ4n) is 3.47. The third-order valence-corrected chi connectivity index (χ3v) is 5.94. The molecule has 7 nitrogen and oxygen atoms in total. The molecule has 0 unspecified atom stereocenters. The molecule has 0 saturated heterocycles. The number of primary sulfonamides is 1. The Balaban J connectivity index is 1.94. The molecule has 0 aliphatic carbocycles. The molecule has 0 saturated carbocycles. The number of methoxy groups -OCH3 is 2. The van der Waals surface area contributed by atoms with Crippen LogP contribution in [0.4, 0.5) is 0 Å². The van der Waals surface area contributed by atoms with Gasteiger partial charge in [-0.1, -0.05) is 48.5 Å². The van der Waals surface area contributed by atoms with E-state index >= 15 is 0 Å². The second kappa shape index (κ2) is 8.86. The number of aromatic nitrogens is 1. The van der Waals surface area contributed by atoms with Gasteiger partial charge in [-0.25, -0.2) is 18.5 Å². The van der Waals surface area contributed by atoms with Crippen LogP contribution in [-0.4, -0.2) is 27.6 Å². The van der Waals surface area contributed by atoms with Gasteiger partial charge < -0.3 is 13.9 Å². The lowest BCUT2D eigenvalue weighted by molar-refractivity contribution is 0.394. The highest BCUT2D eigenvalue weighted by molar-refractivity contribution is 7.89. The lowest BCUT2D eigenvalue weighted by Gasteiger charge is -2.11. The van der Waals surface area contributed by atoms with Crippen molar-refractivity contribution in [2.45, 2.75) is 11.3 Å². The molecule has 4 aromatic rings. The van der Waals surface area contributed by atoms with Gasteiger partial charge in [-0.2, -0.15) is 0 Å². The maximum Gasteiger partial charge on any atom is 0.238 e. The highest BCUT2D eigenvalue weighted by Crippen LogP contribution is 2.41. The summed E-state index contributed by atoms with van der Waals surface area (Å²) in [4.78, 5) is 4.64. The molecule has 0 fully saturated rings. The molecule has 0 atom stereocenters. The van der Waals surface area contributed by atoms with Crippen molar-refractivity contribution in [2.75, 3.05) is 14.2 Å². The van der Waals surface area contributed by atoms with E-state index in [1.807, 2.05) is 30.3 Å². The van der Waals surface area contributed by atoms with E-state index in [0.717, 1.165) is 5.56 Å². The van der Waals surface area contributed by atoms with Crippen molar-refractivity contribution in [3.05, 3.63) is 84.3 Å². The minimum absolute atomic E-state index is 0.0340. The molecule has 1 aromatic heterocycles. The van der Waals surface area contributed by atoms with Gasteiger partial charge in [0, 0.05) is 18.1 Å². The molecule has 0 aliphatic heterocycles. The van der Waals surface area contributed by atoms with Gasteiger partial charge in [0.15, 0.2) is 11.7 Å². The first-order chi connectivity index (χ1) is 15.4. The molecule has 0 aliphatic rings. The van der Waals surface area contributed by atoms with Gasteiger partial charge in [-0.05, 0) is 23.8 Å². The Kier molecular flexibility index (Phi) is 5.98. The van der Waals surface area contributed by atoms with Crippen LogP contribution in [0.1, 0.15) is 11.5 Å². The van der Waals surface area contributed by atoms with Crippen LogP contribution in [0.3, 0.4) is 0 Å². The topological polar surface area (TPSA) is 105 Å². The molecule has 0 amide bonds. The zero-order valence-electron chi connectivity index (χ0n) is 17.6. The average molecular weight is 451 g/mol. The Hall–Kier alpha value is -3.62. The summed E-state index contributed by atoms with van der Waals surface area (Å²) in [6, 6.07) is 21.5. The number of hydrogen-bond acceptors (Lipinski definition) is 6. The third kappa shape index (κ3) is 4.37. The monoisotopic (exact) mass is 450 g/mol. The Morgan fingerprint density at radius 2 is 1.62 bits per heavy atom. The Morgan fingerprint density at radius 3 is 2.31 bits per heavy atom. The van der Waals surface area contributed by atoms with Gasteiger partial charge in [0.2, 0.25) is 10.0 Å². The number of nitrogens with two attached hydrogens (primary N) is 1. The van der Waals surface area contributed by atoms with E-state index in [1.165, 1.54) is 13.2 Å². The summed E-state index contributed by atoms with van der Waals surface area (Å²) < 4.78 is 41.5. The van der Waals surface area contributed by atoms with Crippen molar-refractivity contribution in [3.63, 3.8) is 0 Å². The van der Waals surface area contributed by atoms with Crippen LogP contribution in [0.2, 0.25) is 0 Å². The molecule has 8 heteroatoms. The maximum absolute atomic E-state index is 12.3. The van der Waals surface area contributed by atoms with Crippen molar-refractivity contribution >= 4 is 10.0 Å². The summed E-state index contributed by atoms with van der Waals surface area (Å²) in [5.74, 6) is 1.93. The first kappa shape index (κ1) is 21.6. The molecule has 0 radical (unpaired) electrons. The lowest BCUT2D eigenvalue weighted by atomic mass is 10.0. The van der Waals surface area contributed by atoms with Crippen LogP contribution in [0, 0.1) is 0 Å². The number of hydrogen-bond donors (Lipinski definition) is 1. The smallest absolute Gasteiger partial charge is 0.238 e. The van der Waals surface area contributed by atoms with E-state index in [-0.39, 0.29) is 4.90 Å². The fraction of sp³-hybridized carbons (Fsp3) is 0.125. The van der Waals surface area contributed by atoms with Crippen LogP contribution < -0.4 is 14.6 Å². The highest BCUT2D eigenvalue weighted by Gasteiger charge is 2.25. The van der Waals surface area contributed by atoms with Gasteiger partial charge in [0.1, 0.15) is 17.2 Å². The van der Waals surface area contributed by atoms with E-state index in [2.05, 4.69) is 4.98 Å². The largest absolute Gasteiger partial charge is 0.497 e. The molecule has 0 spiro atoms. The zero-order chi connectivity index (χ0) is 22.7. The zero-order valence-corrected chi connectivity index (χ0v) is 18.4. The van der Waals surface area contributed by atoms with Gasteiger partial charge in [-0.3, -0.25) is 0 Å². The minimum Gasteiger partial charge on any atom is -0.497 e. The molecule has 1 heterocycles. The number of nitrogens with zero attached hydrogens (tertiary/aromatic N) is 1. The third-order valence-electron chi connectivity index (χ3n) is 4.97. The first-order valence-electron chi connectivity index (χ1n) is 9.79. The summed E-state index contributed by atoms with van der Waals surface area (Å²) in [6.07, 6.45) is 0.434.